The number of nitrogens with zero attached hydrogens (tertiary/aromatic N) is 2. The molecule has 20 heavy (non-hydrogen) atoms. The van der Waals surface area contributed by atoms with Crippen LogP contribution in [-0.4, -0.2) is 9.97 Å². The Morgan fingerprint density at radius 3 is 2.20 bits per heavy atom. The molecule has 100 valence electrons. The summed E-state index contributed by atoms with van der Waals surface area (Å²) in [5.74, 6) is 0. The molecule has 0 aliphatic heterocycles. The first-order chi connectivity index (χ1) is 9.55. The van der Waals surface area contributed by atoms with Crippen molar-refractivity contribution in [1.82, 2.24) is 9.97 Å². The van der Waals surface area contributed by atoms with E-state index in [0.29, 0.717) is 11.2 Å². The van der Waals surface area contributed by atoms with Crippen molar-refractivity contribution in [2.45, 2.75) is 6.18 Å². The largest absolute Gasteiger partial charge is 0.416 e. The molecule has 0 aliphatic carbocycles. The summed E-state index contributed by atoms with van der Waals surface area (Å²) in [5.41, 5.74) is 1.44. The molecule has 2 heterocycles. The Hall–Kier alpha value is -2.43. The molecule has 0 N–H and O–H groups in total. The van der Waals surface area contributed by atoms with E-state index in [1.165, 1.54) is 12.1 Å². The number of rotatable bonds is 1. The topological polar surface area (TPSA) is 25.8 Å². The number of fused-ring (bicyclic) bond motifs is 1. The van der Waals surface area contributed by atoms with Crippen molar-refractivity contribution in [3.8, 4) is 11.1 Å². The fourth-order valence-corrected chi connectivity index (χ4v) is 2.07. The van der Waals surface area contributed by atoms with Crippen molar-refractivity contribution in [3.05, 3.63) is 60.4 Å². The number of aromatic nitrogens is 2. The van der Waals surface area contributed by atoms with Crippen molar-refractivity contribution in [1.29, 1.82) is 0 Å². The van der Waals surface area contributed by atoms with E-state index < -0.39 is 11.7 Å². The second-order valence-corrected chi connectivity index (χ2v) is 4.31. The average Bonchev–Trinajstić information content (AvgIpc) is 2.46. The molecule has 0 amide bonds. The van der Waals surface area contributed by atoms with E-state index in [1.807, 2.05) is 6.07 Å². The van der Waals surface area contributed by atoms with Crippen molar-refractivity contribution < 1.29 is 13.2 Å². The third-order valence-corrected chi connectivity index (χ3v) is 3.04. The molecule has 0 spiro atoms. The Bertz CT molecular complexity index is 744. The standard InChI is InChI=1S/C15H9F3N2/c16-15(17,18)11-5-3-10(4-6-11)12-7-9-20-14-13(12)2-1-8-19-14/h1-9H. The molecule has 0 saturated carbocycles. The van der Waals surface area contributed by atoms with Gasteiger partial charge in [0.15, 0.2) is 5.65 Å². The highest BCUT2D eigenvalue weighted by Gasteiger charge is 2.29. The van der Waals surface area contributed by atoms with E-state index in [0.717, 1.165) is 23.1 Å². The smallest absolute Gasteiger partial charge is 0.237 e. The van der Waals surface area contributed by atoms with Crippen molar-refractivity contribution in [3.63, 3.8) is 0 Å². The van der Waals surface area contributed by atoms with Crippen LogP contribution < -0.4 is 0 Å². The molecule has 1 aromatic carbocycles. The summed E-state index contributed by atoms with van der Waals surface area (Å²) in [7, 11) is 0. The predicted octanol–water partition coefficient (Wildman–Crippen LogP) is 4.32. The number of hydrogen-bond acceptors (Lipinski definition) is 2. The van der Waals surface area contributed by atoms with Crippen LogP contribution in [0.1, 0.15) is 5.56 Å². The molecule has 0 radical (unpaired) electrons. The van der Waals surface area contributed by atoms with E-state index in [1.54, 1.807) is 24.5 Å². The quantitative estimate of drug-likeness (QED) is 0.660. The molecule has 2 aromatic heterocycles. The lowest BCUT2D eigenvalue weighted by Crippen LogP contribution is -2.04. The summed E-state index contributed by atoms with van der Waals surface area (Å²) in [6.07, 6.45) is -1.09. The van der Waals surface area contributed by atoms with Crippen molar-refractivity contribution in [2.24, 2.45) is 0 Å². The zero-order valence-corrected chi connectivity index (χ0v) is 10.2. The lowest BCUT2D eigenvalue weighted by molar-refractivity contribution is -0.137. The molecule has 0 saturated heterocycles. The monoisotopic (exact) mass is 274 g/mol. The highest BCUT2D eigenvalue weighted by molar-refractivity contribution is 5.92. The molecule has 0 atom stereocenters. The second-order valence-electron chi connectivity index (χ2n) is 4.31. The second kappa shape index (κ2) is 4.59. The van der Waals surface area contributed by atoms with Crippen molar-refractivity contribution in [2.75, 3.05) is 0 Å². The minimum Gasteiger partial charge on any atom is -0.237 e. The summed E-state index contributed by atoms with van der Waals surface area (Å²) < 4.78 is 37.7. The molecule has 3 aromatic rings. The highest BCUT2D eigenvalue weighted by atomic mass is 19.4. The van der Waals surface area contributed by atoms with Gasteiger partial charge in [-0.25, -0.2) is 9.97 Å². The zero-order valence-electron chi connectivity index (χ0n) is 10.2. The first-order valence-electron chi connectivity index (χ1n) is 5.93. The van der Waals surface area contributed by atoms with Gasteiger partial charge in [0, 0.05) is 17.8 Å². The molecular formula is C15H9F3N2. The molecule has 2 nitrogen and oxygen atoms in total. The van der Waals surface area contributed by atoms with E-state index in [4.69, 9.17) is 0 Å². The maximum atomic E-state index is 12.6. The third-order valence-electron chi connectivity index (χ3n) is 3.04. The first-order valence-corrected chi connectivity index (χ1v) is 5.93. The summed E-state index contributed by atoms with van der Waals surface area (Å²) in [6.45, 7) is 0. The average molecular weight is 274 g/mol. The minimum atomic E-state index is -4.32. The van der Waals surface area contributed by atoms with Crippen LogP contribution in [0.25, 0.3) is 22.2 Å². The maximum absolute atomic E-state index is 12.6. The molecule has 0 aliphatic rings. The molecule has 5 heteroatoms. The van der Waals surface area contributed by atoms with E-state index in [-0.39, 0.29) is 0 Å². The Balaban J connectivity index is 2.12. The Morgan fingerprint density at radius 2 is 1.50 bits per heavy atom. The van der Waals surface area contributed by atoms with Crippen LogP contribution in [0.15, 0.2) is 54.9 Å². The van der Waals surface area contributed by atoms with Gasteiger partial charge < -0.3 is 0 Å². The summed E-state index contributed by atoms with van der Waals surface area (Å²) in [5, 5.41) is 0.815. The van der Waals surface area contributed by atoms with Gasteiger partial charge in [-0.05, 0) is 41.5 Å². The SMILES string of the molecule is FC(F)(F)c1ccc(-c2ccnc3ncccc23)cc1. The van der Waals surface area contributed by atoms with E-state index in [9.17, 15) is 13.2 Å². The van der Waals surface area contributed by atoms with Crippen LogP contribution in [0.3, 0.4) is 0 Å². The minimum absolute atomic E-state index is 0.574. The van der Waals surface area contributed by atoms with Gasteiger partial charge in [0.2, 0.25) is 0 Å². The Kier molecular flexibility index (Phi) is 2.89. The van der Waals surface area contributed by atoms with Crippen LogP contribution in [0.2, 0.25) is 0 Å². The Labute approximate surface area is 112 Å². The molecule has 0 unspecified atom stereocenters. The van der Waals surface area contributed by atoms with Crippen LogP contribution >= 0.6 is 0 Å². The maximum Gasteiger partial charge on any atom is 0.416 e. The van der Waals surface area contributed by atoms with E-state index >= 15 is 0 Å². The van der Waals surface area contributed by atoms with Crippen LogP contribution in [0.5, 0.6) is 0 Å². The summed E-state index contributed by atoms with van der Waals surface area (Å²) in [6, 6.07) is 10.5. The predicted molar refractivity (Wildman–Crippen MR) is 70.0 cm³/mol. The fraction of sp³-hybridized carbons (Fsp3) is 0.0667. The number of pyridine rings is 2. The van der Waals surface area contributed by atoms with Gasteiger partial charge in [-0.1, -0.05) is 12.1 Å². The number of benzene rings is 1. The van der Waals surface area contributed by atoms with Gasteiger partial charge in [-0.3, -0.25) is 0 Å². The van der Waals surface area contributed by atoms with Crippen molar-refractivity contribution >= 4 is 11.0 Å². The molecular weight excluding hydrogens is 265 g/mol. The third kappa shape index (κ3) is 2.22. The number of hydrogen-bond donors (Lipinski definition) is 0. The van der Waals surface area contributed by atoms with Gasteiger partial charge in [-0.2, -0.15) is 13.2 Å². The van der Waals surface area contributed by atoms with Gasteiger partial charge >= 0.3 is 6.18 Å². The van der Waals surface area contributed by atoms with Crippen LogP contribution in [0.4, 0.5) is 13.2 Å². The van der Waals surface area contributed by atoms with Crippen LogP contribution in [0, 0.1) is 0 Å². The molecule has 0 bridgehead atoms. The van der Waals surface area contributed by atoms with Gasteiger partial charge in [0.1, 0.15) is 0 Å². The first kappa shape index (κ1) is 12.6. The Morgan fingerprint density at radius 1 is 0.800 bits per heavy atom. The van der Waals surface area contributed by atoms with Crippen LogP contribution in [-0.2, 0) is 6.18 Å². The van der Waals surface area contributed by atoms with Gasteiger partial charge in [-0.15, -0.1) is 0 Å². The lowest BCUT2D eigenvalue weighted by Gasteiger charge is -2.09. The fourth-order valence-electron chi connectivity index (χ4n) is 2.07. The van der Waals surface area contributed by atoms with Gasteiger partial charge in [0.05, 0.1) is 5.56 Å². The summed E-state index contributed by atoms with van der Waals surface area (Å²) >= 11 is 0. The van der Waals surface area contributed by atoms with E-state index in [2.05, 4.69) is 9.97 Å². The molecule has 3 rings (SSSR count). The normalized spacial score (nSPS) is 11.8. The highest BCUT2D eigenvalue weighted by Crippen LogP contribution is 2.32. The zero-order chi connectivity index (χ0) is 14.2. The number of halogens is 3. The molecule has 0 fully saturated rings. The van der Waals surface area contributed by atoms with Gasteiger partial charge in [0.25, 0.3) is 0 Å². The summed E-state index contributed by atoms with van der Waals surface area (Å²) in [4.78, 5) is 8.27. The lowest BCUT2D eigenvalue weighted by atomic mass is 10.0. The number of alkyl halides is 3.